The summed E-state index contributed by atoms with van der Waals surface area (Å²) < 4.78 is 6.79. The number of anilines is 1. The van der Waals surface area contributed by atoms with Crippen molar-refractivity contribution in [1.29, 1.82) is 0 Å². The van der Waals surface area contributed by atoms with Crippen LogP contribution >= 0.6 is 15.9 Å². The molecule has 4 rings (SSSR count). The molecule has 1 amide bonds. The number of aryl methyl sites for hydroxylation is 1. The molecule has 4 nitrogen and oxygen atoms in total. The first-order valence-corrected chi connectivity index (χ1v) is 8.93. The van der Waals surface area contributed by atoms with Gasteiger partial charge in [0.15, 0.2) is 5.58 Å². The molecule has 1 N–H and O–H groups in total. The standard InChI is InChI=1S/C21H15BrN2O2/c1-13-5-2-3-8-17(13)20(25)23-16-9-10-19-18(12-16)24-21(26-19)14-6-4-7-15(22)11-14/h2-12H,1H3,(H,23,25). The van der Waals surface area contributed by atoms with E-state index in [-0.39, 0.29) is 5.91 Å². The third-order valence-corrected chi connectivity index (χ3v) is 4.60. The molecule has 0 fully saturated rings. The van der Waals surface area contributed by atoms with Crippen LogP contribution < -0.4 is 5.32 Å². The second-order valence-corrected chi connectivity index (χ2v) is 6.90. The highest BCUT2D eigenvalue weighted by Crippen LogP contribution is 2.28. The Morgan fingerprint density at radius 2 is 1.88 bits per heavy atom. The van der Waals surface area contributed by atoms with Gasteiger partial charge in [-0.2, -0.15) is 0 Å². The molecule has 0 atom stereocenters. The van der Waals surface area contributed by atoms with Crippen LogP contribution in [0.1, 0.15) is 15.9 Å². The molecule has 0 bridgehead atoms. The van der Waals surface area contributed by atoms with Crippen LogP contribution in [-0.2, 0) is 0 Å². The lowest BCUT2D eigenvalue weighted by Gasteiger charge is -2.07. The third-order valence-electron chi connectivity index (χ3n) is 4.11. The van der Waals surface area contributed by atoms with Crippen molar-refractivity contribution in [1.82, 2.24) is 4.98 Å². The topological polar surface area (TPSA) is 55.1 Å². The maximum atomic E-state index is 12.5. The number of halogens is 1. The van der Waals surface area contributed by atoms with E-state index in [4.69, 9.17) is 4.42 Å². The second kappa shape index (κ2) is 6.77. The fourth-order valence-electron chi connectivity index (χ4n) is 2.78. The average molecular weight is 407 g/mol. The third kappa shape index (κ3) is 3.26. The van der Waals surface area contributed by atoms with Gasteiger partial charge < -0.3 is 9.73 Å². The van der Waals surface area contributed by atoms with Crippen LogP contribution in [0.3, 0.4) is 0 Å². The molecule has 3 aromatic carbocycles. The number of carbonyl (C=O) groups is 1. The highest BCUT2D eigenvalue weighted by Gasteiger charge is 2.12. The van der Waals surface area contributed by atoms with Gasteiger partial charge in [-0.3, -0.25) is 4.79 Å². The Morgan fingerprint density at radius 1 is 1.04 bits per heavy atom. The number of benzene rings is 3. The molecule has 1 heterocycles. The van der Waals surface area contributed by atoms with Gasteiger partial charge in [0.2, 0.25) is 5.89 Å². The van der Waals surface area contributed by atoms with Crippen molar-refractivity contribution in [3.63, 3.8) is 0 Å². The van der Waals surface area contributed by atoms with E-state index in [1.807, 2.05) is 73.7 Å². The molecule has 0 radical (unpaired) electrons. The molecule has 1 aromatic heterocycles. The van der Waals surface area contributed by atoms with Crippen molar-refractivity contribution in [2.45, 2.75) is 6.92 Å². The van der Waals surface area contributed by atoms with E-state index in [0.717, 1.165) is 15.6 Å². The maximum absolute atomic E-state index is 12.5. The molecular weight excluding hydrogens is 392 g/mol. The Labute approximate surface area is 159 Å². The maximum Gasteiger partial charge on any atom is 0.255 e. The molecule has 128 valence electrons. The van der Waals surface area contributed by atoms with E-state index in [9.17, 15) is 4.79 Å². The summed E-state index contributed by atoms with van der Waals surface area (Å²) in [7, 11) is 0. The van der Waals surface area contributed by atoms with Crippen molar-refractivity contribution >= 4 is 38.6 Å². The van der Waals surface area contributed by atoms with Gasteiger partial charge in [-0.25, -0.2) is 4.98 Å². The summed E-state index contributed by atoms with van der Waals surface area (Å²) in [5.41, 5.74) is 4.53. The van der Waals surface area contributed by atoms with Gasteiger partial charge >= 0.3 is 0 Å². The van der Waals surface area contributed by atoms with Crippen molar-refractivity contribution in [3.8, 4) is 11.5 Å². The number of hydrogen-bond donors (Lipinski definition) is 1. The van der Waals surface area contributed by atoms with Crippen molar-refractivity contribution in [2.75, 3.05) is 5.32 Å². The molecule has 0 aliphatic carbocycles. The molecule has 0 saturated carbocycles. The predicted molar refractivity (Wildman–Crippen MR) is 106 cm³/mol. The first-order chi connectivity index (χ1) is 12.6. The lowest BCUT2D eigenvalue weighted by Crippen LogP contribution is -2.13. The van der Waals surface area contributed by atoms with Crippen LogP contribution in [-0.4, -0.2) is 10.9 Å². The molecule has 0 spiro atoms. The van der Waals surface area contributed by atoms with E-state index in [0.29, 0.717) is 28.2 Å². The summed E-state index contributed by atoms with van der Waals surface area (Å²) >= 11 is 3.45. The smallest absolute Gasteiger partial charge is 0.255 e. The quantitative estimate of drug-likeness (QED) is 0.466. The molecule has 0 unspecified atom stereocenters. The van der Waals surface area contributed by atoms with Gasteiger partial charge in [0.25, 0.3) is 5.91 Å². The highest BCUT2D eigenvalue weighted by atomic mass is 79.9. The SMILES string of the molecule is Cc1ccccc1C(=O)Nc1ccc2oc(-c3cccc(Br)c3)nc2c1. The number of oxazole rings is 1. The number of nitrogens with zero attached hydrogens (tertiary/aromatic N) is 1. The Balaban J connectivity index is 1.64. The van der Waals surface area contributed by atoms with Crippen LogP contribution in [0.2, 0.25) is 0 Å². The molecule has 0 saturated heterocycles. The molecule has 5 heteroatoms. The summed E-state index contributed by atoms with van der Waals surface area (Å²) in [5.74, 6) is 0.404. The number of fused-ring (bicyclic) bond motifs is 1. The Hall–Kier alpha value is -2.92. The first kappa shape index (κ1) is 16.5. The van der Waals surface area contributed by atoms with Crippen LogP contribution in [0.15, 0.2) is 75.6 Å². The van der Waals surface area contributed by atoms with Crippen molar-refractivity contribution in [3.05, 3.63) is 82.3 Å². The summed E-state index contributed by atoms with van der Waals surface area (Å²) in [6.45, 7) is 1.92. The van der Waals surface area contributed by atoms with Gasteiger partial charge in [-0.1, -0.05) is 40.2 Å². The molecule has 26 heavy (non-hydrogen) atoms. The van der Waals surface area contributed by atoms with Crippen LogP contribution in [0.25, 0.3) is 22.6 Å². The van der Waals surface area contributed by atoms with Gasteiger partial charge in [0.1, 0.15) is 5.52 Å². The van der Waals surface area contributed by atoms with E-state index >= 15 is 0 Å². The molecule has 0 aliphatic rings. The summed E-state index contributed by atoms with van der Waals surface area (Å²) in [6.07, 6.45) is 0. The van der Waals surface area contributed by atoms with Gasteiger partial charge in [0, 0.05) is 21.3 Å². The normalized spacial score (nSPS) is 10.8. The Morgan fingerprint density at radius 3 is 2.69 bits per heavy atom. The van der Waals surface area contributed by atoms with Gasteiger partial charge in [-0.05, 0) is 55.0 Å². The lowest BCUT2D eigenvalue weighted by atomic mass is 10.1. The van der Waals surface area contributed by atoms with E-state index < -0.39 is 0 Å². The van der Waals surface area contributed by atoms with Crippen LogP contribution in [0.5, 0.6) is 0 Å². The zero-order valence-corrected chi connectivity index (χ0v) is 15.6. The fraction of sp³-hybridized carbons (Fsp3) is 0.0476. The van der Waals surface area contributed by atoms with E-state index in [1.165, 1.54) is 0 Å². The number of amides is 1. The van der Waals surface area contributed by atoms with Gasteiger partial charge in [-0.15, -0.1) is 0 Å². The number of rotatable bonds is 3. The van der Waals surface area contributed by atoms with Gasteiger partial charge in [0.05, 0.1) is 0 Å². The highest BCUT2D eigenvalue weighted by molar-refractivity contribution is 9.10. The van der Waals surface area contributed by atoms with Crippen molar-refractivity contribution < 1.29 is 9.21 Å². The largest absolute Gasteiger partial charge is 0.436 e. The second-order valence-electron chi connectivity index (χ2n) is 5.98. The predicted octanol–water partition coefficient (Wildman–Crippen LogP) is 5.82. The zero-order valence-electron chi connectivity index (χ0n) is 14.0. The Kier molecular flexibility index (Phi) is 4.31. The summed E-state index contributed by atoms with van der Waals surface area (Å²) in [4.78, 5) is 17.0. The monoisotopic (exact) mass is 406 g/mol. The minimum atomic E-state index is -0.141. The van der Waals surface area contributed by atoms with E-state index in [1.54, 1.807) is 0 Å². The Bertz CT molecular complexity index is 1120. The minimum absolute atomic E-state index is 0.141. The minimum Gasteiger partial charge on any atom is -0.436 e. The van der Waals surface area contributed by atoms with Crippen LogP contribution in [0.4, 0.5) is 5.69 Å². The lowest BCUT2D eigenvalue weighted by molar-refractivity contribution is 0.102. The molecular formula is C21H15BrN2O2. The zero-order chi connectivity index (χ0) is 18.1. The van der Waals surface area contributed by atoms with Crippen molar-refractivity contribution in [2.24, 2.45) is 0 Å². The fourth-order valence-corrected chi connectivity index (χ4v) is 3.18. The first-order valence-electron chi connectivity index (χ1n) is 8.14. The number of carbonyl (C=O) groups excluding carboxylic acids is 1. The van der Waals surface area contributed by atoms with E-state index in [2.05, 4.69) is 26.2 Å². The molecule has 0 aliphatic heterocycles. The number of aromatic nitrogens is 1. The van der Waals surface area contributed by atoms with Crippen LogP contribution in [0, 0.1) is 6.92 Å². The summed E-state index contributed by atoms with van der Waals surface area (Å²) in [5, 5.41) is 2.92. The average Bonchev–Trinajstić information content (AvgIpc) is 3.05. The molecule has 4 aromatic rings. The summed E-state index contributed by atoms with van der Waals surface area (Å²) in [6, 6.07) is 20.7. The number of nitrogens with one attached hydrogen (secondary N) is 1. The number of hydrogen-bond acceptors (Lipinski definition) is 3.